The van der Waals surface area contributed by atoms with Crippen LogP contribution in [-0.2, 0) is 6.54 Å². The smallest absolute Gasteiger partial charge is 0.291 e. The van der Waals surface area contributed by atoms with Gasteiger partial charge in [-0.2, -0.15) is 5.10 Å². The Kier molecular flexibility index (Phi) is 4.06. The van der Waals surface area contributed by atoms with Gasteiger partial charge >= 0.3 is 0 Å². The molecule has 2 aromatic heterocycles. The van der Waals surface area contributed by atoms with Gasteiger partial charge < -0.3 is 9.73 Å². The van der Waals surface area contributed by atoms with Gasteiger partial charge in [-0.15, -0.1) is 0 Å². The number of anilines is 1. The molecule has 1 amide bonds. The summed E-state index contributed by atoms with van der Waals surface area (Å²) in [5, 5.41) is 6.95. The number of aromatic nitrogens is 3. The highest BCUT2D eigenvalue weighted by Gasteiger charge is 2.16. The van der Waals surface area contributed by atoms with E-state index in [0.717, 1.165) is 16.8 Å². The topological polar surface area (TPSA) is 73.0 Å². The maximum Gasteiger partial charge on any atom is 0.291 e. The van der Waals surface area contributed by atoms with Gasteiger partial charge in [-0.3, -0.25) is 4.79 Å². The normalized spacial score (nSPS) is 10.6. The number of carbonyl (C=O) groups excluding carboxylic acids is 1. The van der Waals surface area contributed by atoms with Gasteiger partial charge in [0.25, 0.3) is 5.91 Å². The molecule has 6 nitrogen and oxygen atoms in total. The Morgan fingerprint density at radius 3 is 2.91 bits per heavy atom. The molecular formula is C15H13BrN4O2. The Morgan fingerprint density at radius 1 is 1.41 bits per heavy atom. The summed E-state index contributed by atoms with van der Waals surface area (Å²) < 4.78 is 7.60. The van der Waals surface area contributed by atoms with E-state index in [0.29, 0.717) is 17.0 Å². The Hall–Kier alpha value is -2.41. The first kappa shape index (κ1) is 14.5. The van der Waals surface area contributed by atoms with Crippen molar-refractivity contribution < 1.29 is 9.21 Å². The second-order valence-corrected chi connectivity index (χ2v) is 5.55. The van der Waals surface area contributed by atoms with E-state index < -0.39 is 0 Å². The molecule has 0 bridgehead atoms. The number of nitrogens with zero attached hydrogens (tertiary/aromatic N) is 3. The van der Waals surface area contributed by atoms with E-state index in [2.05, 4.69) is 31.3 Å². The van der Waals surface area contributed by atoms with E-state index in [1.165, 1.54) is 6.33 Å². The number of rotatable bonds is 4. The molecular weight excluding hydrogens is 348 g/mol. The van der Waals surface area contributed by atoms with Gasteiger partial charge in [0.1, 0.15) is 12.7 Å². The molecule has 0 fully saturated rings. The largest absolute Gasteiger partial charge is 0.444 e. The number of halogens is 1. The Morgan fingerprint density at radius 2 is 2.23 bits per heavy atom. The van der Waals surface area contributed by atoms with Crippen LogP contribution in [0.3, 0.4) is 0 Å². The predicted molar refractivity (Wildman–Crippen MR) is 84.7 cm³/mol. The number of hydrogen-bond acceptors (Lipinski definition) is 4. The molecule has 7 heteroatoms. The lowest BCUT2D eigenvalue weighted by atomic mass is 10.1. The van der Waals surface area contributed by atoms with Crippen molar-refractivity contribution in [3.63, 3.8) is 0 Å². The first-order valence-electron chi connectivity index (χ1n) is 6.61. The lowest BCUT2D eigenvalue weighted by Crippen LogP contribution is -2.14. The minimum absolute atomic E-state index is 0.283. The van der Waals surface area contributed by atoms with Crippen molar-refractivity contribution in [1.82, 2.24) is 14.8 Å². The number of nitrogens with one attached hydrogen (secondary N) is 1. The van der Waals surface area contributed by atoms with E-state index in [-0.39, 0.29) is 5.91 Å². The van der Waals surface area contributed by atoms with Crippen LogP contribution in [0.25, 0.3) is 0 Å². The third-order valence-electron chi connectivity index (χ3n) is 3.16. The molecule has 0 aliphatic heterocycles. The monoisotopic (exact) mass is 360 g/mol. The summed E-state index contributed by atoms with van der Waals surface area (Å²) in [6.45, 7) is 2.35. The summed E-state index contributed by atoms with van der Waals surface area (Å²) in [5.74, 6) is 0.0108. The fourth-order valence-electron chi connectivity index (χ4n) is 2.12. The molecule has 0 spiro atoms. The van der Waals surface area contributed by atoms with Gasteiger partial charge in [0.05, 0.1) is 6.54 Å². The van der Waals surface area contributed by atoms with Crippen LogP contribution in [0.5, 0.6) is 0 Å². The van der Waals surface area contributed by atoms with Crippen LogP contribution in [0.1, 0.15) is 21.7 Å². The molecule has 3 aromatic rings. The molecule has 3 rings (SSSR count). The summed E-state index contributed by atoms with van der Waals surface area (Å²) in [6.07, 6.45) is 3.11. The molecule has 112 valence electrons. The number of amides is 1. The van der Waals surface area contributed by atoms with Crippen molar-refractivity contribution in [3.8, 4) is 0 Å². The summed E-state index contributed by atoms with van der Waals surface area (Å²) in [4.78, 5) is 16.3. The van der Waals surface area contributed by atoms with Crippen LogP contribution >= 0.6 is 15.9 Å². The first-order chi connectivity index (χ1) is 10.6. The average molecular weight is 361 g/mol. The van der Waals surface area contributed by atoms with E-state index in [1.807, 2.05) is 31.2 Å². The van der Waals surface area contributed by atoms with Gasteiger partial charge in [0, 0.05) is 11.3 Å². The molecule has 0 atom stereocenters. The van der Waals surface area contributed by atoms with Crippen LogP contribution in [0, 0.1) is 6.92 Å². The van der Waals surface area contributed by atoms with Gasteiger partial charge in [-0.05, 0) is 40.5 Å². The standard InChI is InChI=1S/C15H13BrN4O2/c1-10-6-13(16)22-14(10)15(21)19-12-5-3-2-4-11(12)7-20-9-17-8-18-20/h2-6,8-9H,7H2,1H3,(H,19,21). The molecule has 0 saturated carbocycles. The zero-order chi connectivity index (χ0) is 15.5. The van der Waals surface area contributed by atoms with E-state index in [9.17, 15) is 4.79 Å². The molecule has 0 aliphatic carbocycles. The zero-order valence-corrected chi connectivity index (χ0v) is 13.4. The number of hydrogen-bond donors (Lipinski definition) is 1. The minimum atomic E-state index is -0.283. The summed E-state index contributed by atoms with van der Waals surface area (Å²) >= 11 is 3.23. The van der Waals surface area contributed by atoms with E-state index >= 15 is 0 Å². The van der Waals surface area contributed by atoms with Crippen molar-refractivity contribution >= 4 is 27.5 Å². The molecule has 0 unspecified atom stereocenters. The molecule has 22 heavy (non-hydrogen) atoms. The number of para-hydroxylation sites is 1. The number of furan rings is 1. The molecule has 0 radical (unpaired) electrons. The Balaban J connectivity index is 1.83. The van der Waals surface area contributed by atoms with Crippen LogP contribution in [0.4, 0.5) is 5.69 Å². The Labute approximate surface area is 135 Å². The quantitative estimate of drug-likeness (QED) is 0.774. The lowest BCUT2D eigenvalue weighted by Gasteiger charge is -2.10. The summed E-state index contributed by atoms with van der Waals surface area (Å²) in [6, 6.07) is 9.32. The van der Waals surface area contributed by atoms with Crippen LogP contribution in [0.2, 0.25) is 0 Å². The van der Waals surface area contributed by atoms with Gasteiger partial charge in [-0.25, -0.2) is 9.67 Å². The molecule has 0 saturated heterocycles. The summed E-state index contributed by atoms with van der Waals surface area (Å²) in [7, 11) is 0. The lowest BCUT2D eigenvalue weighted by molar-refractivity contribution is 0.0994. The Bertz CT molecular complexity index is 796. The van der Waals surface area contributed by atoms with Gasteiger partial charge in [-0.1, -0.05) is 18.2 Å². The van der Waals surface area contributed by atoms with Crippen LogP contribution < -0.4 is 5.32 Å². The van der Waals surface area contributed by atoms with E-state index in [1.54, 1.807) is 17.1 Å². The number of aryl methyl sites for hydroxylation is 1. The molecule has 1 aromatic carbocycles. The average Bonchev–Trinajstić information content (AvgIpc) is 3.10. The van der Waals surface area contributed by atoms with Crippen LogP contribution in [-0.4, -0.2) is 20.7 Å². The van der Waals surface area contributed by atoms with Crippen molar-refractivity contribution in [2.75, 3.05) is 5.32 Å². The van der Waals surface area contributed by atoms with E-state index in [4.69, 9.17) is 4.42 Å². The highest BCUT2D eigenvalue weighted by atomic mass is 79.9. The van der Waals surface area contributed by atoms with Crippen LogP contribution in [0.15, 0.2) is 52.1 Å². The fraction of sp³-hybridized carbons (Fsp3) is 0.133. The van der Waals surface area contributed by atoms with Gasteiger partial charge in [0.15, 0.2) is 10.4 Å². The zero-order valence-electron chi connectivity index (χ0n) is 11.8. The second-order valence-electron chi connectivity index (χ2n) is 4.77. The van der Waals surface area contributed by atoms with Crippen molar-refractivity contribution in [1.29, 1.82) is 0 Å². The highest BCUT2D eigenvalue weighted by molar-refractivity contribution is 9.10. The number of benzene rings is 1. The van der Waals surface area contributed by atoms with Crippen molar-refractivity contribution in [3.05, 3.63) is 64.5 Å². The van der Waals surface area contributed by atoms with Gasteiger partial charge in [0.2, 0.25) is 0 Å². The SMILES string of the molecule is Cc1cc(Br)oc1C(=O)Nc1ccccc1Cn1cncn1. The maximum absolute atomic E-state index is 12.3. The molecule has 1 N–H and O–H groups in total. The number of carbonyl (C=O) groups is 1. The molecule has 2 heterocycles. The predicted octanol–water partition coefficient (Wildman–Crippen LogP) is 3.24. The molecule has 0 aliphatic rings. The fourth-order valence-corrected chi connectivity index (χ4v) is 2.62. The first-order valence-corrected chi connectivity index (χ1v) is 7.40. The minimum Gasteiger partial charge on any atom is -0.444 e. The second kappa shape index (κ2) is 6.15. The third-order valence-corrected chi connectivity index (χ3v) is 3.55. The maximum atomic E-state index is 12.3. The van der Waals surface area contributed by atoms with Crippen molar-refractivity contribution in [2.24, 2.45) is 0 Å². The van der Waals surface area contributed by atoms with Crippen molar-refractivity contribution in [2.45, 2.75) is 13.5 Å². The summed E-state index contributed by atoms with van der Waals surface area (Å²) in [5.41, 5.74) is 2.43. The highest BCUT2D eigenvalue weighted by Crippen LogP contribution is 2.22. The third kappa shape index (κ3) is 3.09.